The molecule has 0 radical (unpaired) electrons. The summed E-state index contributed by atoms with van der Waals surface area (Å²) >= 11 is 3.39. The summed E-state index contributed by atoms with van der Waals surface area (Å²) in [5.41, 5.74) is 5.82. The summed E-state index contributed by atoms with van der Waals surface area (Å²) in [5.74, 6) is -0.292. The molecule has 0 aliphatic carbocycles. The van der Waals surface area contributed by atoms with E-state index in [-0.39, 0.29) is 5.91 Å². The molecule has 0 saturated carbocycles. The summed E-state index contributed by atoms with van der Waals surface area (Å²) in [6.07, 6.45) is 3.48. The van der Waals surface area contributed by atoms with Gasteiger partial charge in [0, 0.05) is 29.1 Å². The Kier molecular flexibility index (Phi) is 6.35. The summed E-state index contributed by atoms with van der Waals surface area (Å²) in [4.78, 5) is 21.8. The molecule has 0 spiro atoms. The highest BCUT2D eigenvalue weighted by Crippen LogP contribution is 2.16. The molecule has 0 unspecified atom stereocenters. The highest BCUT2D eigenvalue weighted by atomic mass is 79.9. The highest BCUT2D eigenvalue weighted by Gasteiger charge is 2.11. The van der Waals surface area contributed by atoms with Gasteiger partial charge in [0.1, 0.15) is 0 Å². The van der Waals surface area contributed by atoms with Gasteiger partial charge in [0.15, 0.2) is 0 Å². The number of nitrogens with one attached hydrogen (secondary N) is 2. The minimum Gasteiger partial charge on any atom is -0.380 e. The third kappa shape index (κ3) is 5.15. The predicted molar refractivity (Wildman–Crippen MR) is 104 cm³/mol. The van der Waals surface area contributed by atoms with Crippen LogP contribution in [0.5, 0.6) is 0 Å². The van der Waals surface area contributed by atoms with Crippen molar-refractivity contribution < 1.29 is 9.63 Å². The summed E-state index contributed by atoms with van der Waals surface area (Å²) < 4.78 is 1.000. The minimum atomic E-state index is -0.292. The number of hydrogen-bond acceptors (Lipinski definition) is 4. The molecule has 1 aromatic heterocycles. The van der Waals surface area contributed by atoms with Crippen LogP contribution < -0.4 is 10.8 Å². The molecule has 6 heteroatoms. The molecule has 2 N–H and O–H groups in total. The average Bonchev–Trinajstić information content (AvgIpc) is 2.69. The van der Waals surface area contributed by atoms with E-state index in [2.05, 4.69) is 31.7 Å². The number of carbonyl (C=O) groups excluding carboxylic acids is 1. The van der Waals surface area contributed by atoms with Crippen molar-refractivity contribution in [3.8, 4) is 0 Å². The van der Waals surface area contributed by atoms with Crippen LogP contribution in [0.2, 0.25) is 0 Å². The maximum absolute atomic E-state index is 12.4. The maximum Gasteiger partial charge on any atom is 0.276 e. The van der Waals surface area contributed by atoms with Crippen LogP contribution in [0.1, 0.15) is 21.5 Å². The van der Waals surface area contributed by atoms with E-state index in [0.29, 0.717) is 18.7 Å². The van der Waals surface area contributed by atoms with Crippen LogP contribution >= 0.6 is 15.9 Å². The molecular formula is C20H18BrN3O2. The van der Waals surface area contributed by atoms with Crippen molar-refractivity contribution >= 4 is 27.5 Å². The molecule has 3 aromatic rings. The molecule has 26 heavy (non-hydrogen) atoms. The highest BCUT2D eigenvalue weighted by molar-refractivity contribution is 9.10. The van der Waals surface area contributed by atoms with E-state index in [9.17, 15) is 4.79 Å². The van der Waals surface area contributed by atoms with Crippen molar-refractivity contribution in [1.82, 2.24) is 10.5 Å². The Morgan fingerprint density at radius 2 is 1.69 bits per heavy atom. The zero-order valence-corrected chi connectivity index (χ0v) is 15.6. The van der Waals surface area contributed by atoms with Crippen LogP contribution in [-0.4, -0.2) is 10.9 Å². The van der Waals surface area contributed by atoms with Gasteiger partial charge in [-0.1, -0.05) is 40.2 Å². The van der Waals surface area contributed by atoms with Crippen molar-refractivity contribution in [1.29, 1.82) is 0 Å². The van der Waals surface area contributed by atoms with Crippen LogP contribution in [0.25, 0.3) is 0 Å². The van der Waals surface area contributed by atoms with Gasteiger partial charge in [0.05, 0.1) is 12.2 Å². The fraction of sp³-hybridized carbons (Fsp3) is 0.100. The topological polar surface area (TPSA) is 63.2 Å². The Morgan fingerprint density at radius 3 is 2.46 bits per heavy atom. The number of hydrogen-bond donors (Lipinski definition) is 2. The van der Waals surface area contributed by atoms with Crippen LogP contribution in [-0.2, 0) is 18.0 Å². The number of pyridine rings is 1. The first-order valence-electron chi connectivity index (χ1n) is 8.11. The van der Waals surface area contributed by atoms with E-state index in [4.69, 9.17) is 4.84 Å². The van der Waals surface area contributed by atoms with E-state index in [1.165, 1.54) is 0 Å². The smallest absolute Gasteiger partial charge is 0.276 e. The molecule has 132 valence electrons. The molecular weight excluding hydrogens is 394 g/mol. The van der Waals surface area contributed by atoms with E-state index < -0.39 is 0 Å². The van der Waals surface area contributed by atoms with Gasteiger partial charge in [-0.2, -0.15) is 0 Å². The van der Waals surface area contributed by atoms with Gasteiger partial charge in [0.2, 0.25) is 0 Å². The third-order valence-corrected chi connectivity index (χ3v) is 4.25. The van der Waals surface area contributed by atoms with Gasteiger partial charge in [-0.25, -0.2) is 5.48 Å². The molecule has 1 heterocycles. The molecule has 5 nitrogen and oxygen atoms in total. The van der Waals surface area contributed by atoms with Gasteiger partial charge in [0.25, 0.3) is 5.91 Å². The Balaban J connectivity index is 1.57. The monoisotopic (exact) mass is 411 g/mol. The van der Waals surface area contributed by atoms with Crippen molar-refractivity contribution in [2.75, 3.05) is 5.32 Å². The van der Waals surface area contributed by atoms with Crippen molar-refractivity contribution in [2.45, 2.75) is 13.2 Å². The molecule has 2 aromatic carbocycles. The van der Waals surface area contributed by atoms with Crippen molar-refractivity contribution in [3.05, 3.63) is 94.2 Å². The van der Waals surface area contributed by atoms with Crippen molar-refractivity contribution in [3.63, 3.8) is 0 Å². The standard InChI is InChI=1S/C20H18BrN3O2/c21-17-7-5-16(6-8-17)14-26-24-20(25)18-3-1-2-4-19(18)23-13-15-9-11-22-12-10-15/h1-12,23H,13-14H2,(H,24,25). The Morgan fingerprint density at radius 1 is 0.962 bits per heavy atom. The van der Waals surface area contributed by atoms with Gasteiger partial charge in [-0.3, -0.25) is 14.6 Å². The molecule has 0 bridgehead atoms. The molecule has 3 rings (SSSR count). The number of amides is 1. The molecule has 0 aliphatic heterocycles. The number of carbonyl (C=O) groups is 1. The predicted octanol–water partition coefficient (Wildman–Crippen LogP) is 4.32. The number of anilines is 1. The fourth-order valence-corrected chi connectivity index (χ4v) is 2.62. The number of rotatable bonds is 7. The normalized spacial score (nSPS) is 10.3. The number of nitrogens with zero attached hydrogens (tertiary/aromatic N) is 1. The summed E-state index contributed by atoms with van der Waals surface area (Å²) in [5, 5.41) is 3.28. The Bertz CT molecular complexity index is 854. The first-order chi connectivity index (χ1) is 12.7. The SMILES string of the molecule is O=C(NOCc1ccc(Br)cc1)c1ccccc1NCc1ccncc1. The zero-order valence-electron chi connectivity index (χ0n) is 14.0. The van der Waals surface area contributed by atoms with Gasteiger partial charge in [-0.05, 0) is 47.5 Å². The second-order valence-corrected chi connectivity index (χ2v) is 6.52. The average molecular weight is 412 g/mol. The second kappa shape index (κ2) is 9.12. The largest absolute Gasteiger partial charge is 0.380 e. The van der Waals surface area contributed by atoms with Gasteiger partial charge in [-0.15, -0.1) is 0 Å². The van der Waals surface area contributed by atoms with Gasteiger partial charge < -0.3 is 5.32 Å². The lowest BCUT2D eigenvalue weighted by Gasteiger charge is -2.12. The Labute approximate surface area is 160 Å². The molecule has 1 amide bonds. The van der Waals surface area contributed by atoms with E-state index in [0.717, 1.165) is 21.3 Å². The first-order valence-corrected chi connectivity index (χ1v) is 8.90. The Hall–Kier alpha value is -2.70. The first kappa shape index (κ1) is 18.1. The molecule has 0 atom stereocenters. The van der Waals surface area contributed by atoms with Gasteiger partial charge >= 0.3 is 0 Å². The number of hydroxylamine groups is 1. The van der Waals surface area contributed by atoms with Crippen LogP contribution in [0, 0.1) is 0 Å². The second-order valence-electron chi connectivity index (χ2n) is 5.60. The quantitative estimate of drug-likeness (QED) is 0.568. The summed E-state index contributed by atoms with van der Waals surface area (Å²) in [6, 6.07) is 18.9. The van der Waals surface area contributed by atoms with E-state index in [1.807, 2.05) is 54.6 Å². The lowest BCUT2D eigenvalue weighted by atomic mass is 10.1. The van der Waals surface area contributed by atoms with Crippen molar-refractivity contribution in [2.24, 2.45) is 0 Å². The number of benzene rings is 2. The minimum absolute atomic E-state index is 0.292. The number of para-hydroxylation sites is 1. The van der Waals surface area contributed by atoms with Crippen LogP contribution in [0.3, 0.4) is 0 Å². The summed E-state index contributed by atoms with van der Waals surface area (Å²) in [6.45, 7) is 0.901. The van der Waals surface area contributed by atoms with E-state index in [1.54, 1.807) is 18.5 Å². The lowest BCUT2D eigenvalue weighted by molar-refractivity contribution is 0.0234. The fourth-order valence-electron chi connectivity index (χ4n) is 2.35. The van der Waals surface area contributed by atoms with E-state index >= 15 is 0 Å². The molecule has 0 aliphatic rings. The summed E-state index contributed by atoms with van der Waals surface area (Å²) in [7, 11) is 0. The third-order valence-electron chi connectivity index (χ3n) is 3.72. The zero-order chi connectivity index (χ0) is 18.2. The molecule has 0 fully saturated rings. The van der Waals surface area contributed by atoms with Crippen LogP contribution in [0.4, 0.5) is 5.69 Å². The number of halogens is 1. The number of aromatic nitrogens is 1. The maximum atomic E-state index is 12.4. The van der Waals surface area contributed by atoms with Crippen LogP contribution in [0.15, 0.2) is 77.5 Å². The lowest BCUT2D eigenvalue weighted by Crippen LogP contribution is -2.24. The molecule has 0 saturated heterocycles.